The molecule has 0 atom stereocenters. The summed E-state index contributed by atoms with van der Waals surface area (Å²) < 4.78 is 0. The number of anilines is 1. The molecule has 1 aromatic carbocycles. The maximum Gasteiger partial charge on any atom is 0.106 e. The number of hydrogen-bond acceptors (Lipinski definition) is 3. The third kappa shape index (κ3) is 2.76. The minimum Gasteiger partial charge on any atom is -0.396 e. The molecule has 3 nitrogen and oxygen atoms in total. The van der Waals surface area contributed by atoms with E-state index >= 15 is 0 Å². The first-order chi connectivity index (χ1) is 8.22. The Hall–Kier alpha value is -1.13. The molecule has 0 amide bonds. The molecule has 4 heteroatoms. The number of benzene rings is 1. The fourth-order valence-electron chi connectivity index (χ4n) is 2.31. The number of nitrogens with zero attached hydrogens (tertiary/aromatic N) is 1. The number of para-hydroxylation sites is 1. The molecule has 2 rings (SSSR count). The summed E-state index contributed by atoms with van der Waals surface area (Å²) in [6, 6.07) is 8.00. The van der Waals surface area contributed by atoms with Crippen molar-refractivity contribution in [3.63, 3.8) is 0 Å². The third-order valence-corrected chi connectivity index (χ3v) is 3.60. The molecule has 3 N–H and O–H groups in total. The van der Waals surface area contributed by atoms with Gasteiger partial charge >= 0.3 is 0 Å². The smallest absolute Gasteiger partial charge is 0.106 e. The number of aliphatic hydroxyl groups excluding tert-OH is 1. The van der Waals surface area contributed by atoms with Gasteiger partial charge in [0.15, 0.2) is 0 Å². The van der Waals surface area contributed by atoms with Crippen LogP contribution in [0.4, 0.5) is 5.69 Å². The highest BCUT2D eigenvalue weighted by Crippen LogP contribution is 2.26. The van der Waals surface area contributed by atoms with Crippen molar-refractivity contribution in [1.29, 1.82) is 0 Å². The fraction of sp³-hybridized carbons (Fsp3) is 0.462. The van der Waals surface area contributed by atoms with Crippen LogP contribution in [0.15, 0.2) is 24.3 Å². The van der Waals surface area contributed by atoms with Gasteiger partial charge < -0.3 is 15.7 Å². The summed E-state index contributed by atoms with van der Waals surface area (Å²) in [6.45, 7) is 2.22. The van der Waals surface area contributed by atoms with E-state index in [0.717, 1.165) is 37.2 Å². The number of aliphatic hydroxyl groups is 1. The summed E-state index contributed by atoms with van der Waals surface area (Å²) in [5, 5.41) is 9.13. The summed E-state index contributed by atoms with van der Waals surface area (Å²) in [6.07, 6.45) is 2.06. The van der Waals surface area contributed by atoms with Crippen LogP contribution in [-0.4, -0.2) is 29.8 Å². The maximum atomic E-state index is 9.13. The lowest BCUT2D eigenvalue weighted by Crippen LogP contribution is -2.35. The molecule has 0 aromatic heterocycles. The van der Waals surface area contributed by atoms with E-state index in [1.165, 1.54) is 0 Å². The van der Waals surface area contributed by atoms with E-state index in [2.05, 4.69) is 11.0 Å². The molecule has 1 heterocycles. The first-order valence-corrected chi connectivity index (χ1v) is 6.38. The highest BCUT2D eigenvalue weighted by molar-refractivity contribution is 7.80. The topological polar surface area (TPSA) is 49.5 Å². The van der Waals surface area contributed by atoms with Crippen LogP contribution in [0, 0.1) is 5.92 Å². The Morgan fingerprint density at radius 2 is 2.00 bits per heavy atom. The van der Waals surface area contributed by atoms with Gasteiger partial charge in [0.2, 0.25) is 0 Å². The fourth-order valence-corrected chi connectivity index (χ4v) is 2.49. The monoisotopic (exact) mass is 250 g/mol. The van der Waals surface area contributed by atoms with E-state index in [1.54, 1.807) is 0 Å². The van der Waals surface area contributed by atoms with E-state index in [0.29, 0.717) is 17.5 Å². The van der Waals surface area contributed by atoms with Gasteiger partial charge in [-0.05, 0) is 30.9 Å². The minimum atomic E-state index is 0.296. The zero-order chi connectivity index (χ0) is 12.3. The van der Waals surface area contributed by atoms with E-state index in [-0.39, 0.29) is 0 Å². The van der Waals surface area contributed by atoms with Crippen LogP contribution in [0.3, 0.4) is 0 Å². The lowest BCUT2D eigenvalue weighted by Gasteiger charge is -2.34. The zero-order valence-electron chi connectivity index (χ0n) is 9.80. The maximum absolute atomic E-state index is 9.13. The molecule has 1 aliphatic heterocycles. The molecule has 0 aliphatic carbocycles. The van der Waals surface area contributed by atoms with Crippen LogP contribution in [0.2, 0.25) is 0 Å². The highest BCUT2D eigenvalue weighted by Gasteiger charge is 2.20. The summed E-state index contributed by atoms with van der Waals surface area (Å²) in [5.74, 6) is 0.447. The molecule has 0 saturated carbocycles. The summed E-state index contributed by atoms with van der Waals surface area (Å²) in [5.41, 5.74) is 7.81. The van der Waals surface area contributed by atoms with Crippen LogP contribution in [0.25, 0.3) is 0 Å². The Morgan fingerprint density at radius 1 is 1.35 bits per heavy atom. The first kappa shape index (κ1) is 12.3. The molecule has 0 unspecified atom stereocenters. The van der Waals surface area contributed by atoms with E-state index < -0.39 is 0 Å². The second-order valence-electron chi connectivity index (χ2n) is 4.49. The lowest BCUT2D eigenvalue weighted by molar-refractivity contribution is 0.203. The average molecular weight is 250 g/mol. The second kappa shape index (κ2) is 5.47. The second-order valence-corrected chi connectivity index (χ2v) is 4.93. The quantitative estimate of drug-likeness (QED) is 0.799. The summed E-state index contributed by atoms with van der Waals surface area (Å²) >= 11 is 5.08. The molecule has 17 heavy (non-hydrogen) atoms. The Labute approximate surface area is 107 Å². The molecule has 1 aliphatic rings. The van der Waals surface area contributed by atoms with Gasteiger partial charge in [-0.15, -0.1) is 0 Å². The van der Waals surface area contributed by atoms with Crippen LogP contribution in [0.5, 0.6) is 0 Å². The summed E-state index contributed by atoms with van der Waals surface area (Å²) in [7, 11) is 0. The molecule has 0 spiro atoms. The number of hydrogen-bond donors (Lipinski definition) is 2. The third-order valence-electron chi connectivity index (χ3n) is 3.38. The van der Waals surface area contributed by atoms with Crippen molar-refractivity contribution in [3.05, 3.63) is 29.8 Å². The van der Waals surface area contributed by atoms with Gasteiger partial charge in [0.25, 0.3) is 0 Å². The predicted molar refractivity (Wildman–Crippen MR) is 74.4 cm³/mol. The largest absolute Gasteiger partial charge is 0.396 e. The van der Waals surface area contributed by atoms with Crippen LogP contribution in [-0.2, 0) is 0 Å². The van der Waals surface area contributed by atoms with E-state index in [4.69, 9.17) is 23.1 Å². The Kier molecular flexibility index (Phi) is 3.97. The molecule has 0 radical (unpaired) electrons. The van der Waals surface area contributed by atoms with Gasteiger partial charge in [-0.1, -0.05) is 24.4 Å². The minimum absolute atomic E-state index is 0.296. The molecule has 92 valence electrons. The van der Waals surface area contributed by atoms with Gasteiger partial charge in [-0.3, -0.25) is 0 Å². The molecule has 1 aromatic rings. The van der Waals surface area contributed by atoms with Crippen LogP contribution in [0.1, 0.15) is 18.4 Å². The lowest BCUT2D eigenvalue weighted by atomic mass is 9.97. The van der Waals surface area contributed by atoms with Gasteiger partial charge in [-0.2, -0.15) is 0 Å². The van der Waals surface area contributed by atoms with Crippen molar-refractivity contribution in [2.45, 2.75) is 12.8 Å². The van der Waals surface area contributed by atoms with Crippen LogP contribution >= 0.6 is 12.2 Å². The van der Waals surface area contributed by atoms with Crippen molar-refractivity contribution >= 4 is 22.9 Å². The van der Waals surface area contributed by atoms with Crippen molar-refractivity contribution < 1.29 is 5.11 Å². The van der Waals surface area contributed by atoms with Crippen LogP contribution < -0.4 is 10.6 Å². The molecule has 1 saturated heterocycles. The number of thiocarbonyl (C=S) groups is 1. The van der Waals surface area contributed by atoms with Gasteiger partial charge in [-0.25, -0.2) is 0 Å². The predicted octanol–water partition coefficient (Wildman–Crippen LogP) is 1.53. The van der Waals surface area contributed by atoms with E-state index in [9.17, 15) is 0 Å². The first-order valence-electron chi connectivity index (χ1n) is 5.97. The number of piperidine rings is 1. The SMILES string of the molecule is NC(=S)c1ccccc1N1CCC(CO)CC1. The zero-order valence-corrected chi connectivity index (χ0v) is 10.6. The molecule has 0 bridgehead atoms. The van der Waals surface area contributed by atoms with Gasteiger partial charge in [0.05, 0.1) is 0 Å². The standard InChI is InChI=1S/C13H18N2OS/c14-13(17)11-3-1-2-4-12(11)15-7-5-10(9-16)6-8-15/h1-4,10,16H,5-9H2,(H2,14,17). The summed E-state index contributed by atoms with van der Waals surface area (Å²) in [4.78, 5) is 2.76. The van der Waals surface area contributed by atoms with E-state index in [1.807, 2.05) is 18.2 Å². The normalized spacial score (nSPS) is 17.1. The Bertz CT molecular complexity index is 400. The Balaban J connectivity index is 2.15. The molecular weight excluding hydrogens is 232 g/mol. The van der Waals surface area contributed by atoms with Gasteiger partial charge in [0, 0.05) is 30.9 Å². The highest BCUT2D eigenvalue weighted by atomic mass is 32.1. The molecule has 1 fully saturated rings. The van der Waals surface area contributed by atoms with Crippen molar-refractivity contribution in [3.8, 4) is 0 Å². The van der Waals surface area contributed by atoms with Crippen molar-refractivity contribution in [2.24, 2.45) is 11.7 Å². The average Bonchev–Trinajstić information content (AvgIpc) is 2.39. The van der Waals surface area contributed by atoms with Gasteiger partial charge in [0.1, 0.15) is 4.99 Å². The Morgan fingerprint density at radius 3 is 2.59 bits per heavy atom. The number of rotatable bonds is 3. The van der Waals surface area contributed by atoms with Crippen molar-refractivity contribution in [1.82, 2.24) is 0 Å². The number of nitrogens with two attached hydrogens (primary N) is 1. The van der Waals surface area contributed by atoms with Crippen molar-refractivity contribution in [2.75, 3.05) is 24.6 Å². The molecular formula is C13H18N2OS.